The standard InChI is InChI=1S/C17H17IN2O2/c1-2-4-16(21)19-14-7-9-15(10-8-14)20-17(22)12-5-3-6-13(18)11-12/h3,5-11H,2,4H2,1H3,(H,19,21)(H,20,22). The van der Waals surface area contributed by atoms with Crippen LogP contribution in [0, 0.1) is 3.57 Å². The first-order valence-electron chi connectivity index (χ1n) is 7.05. The van der Waals surface area contributed by atoms with E-state index >= 15 is 0 Å². The molecular weight excluding hydrogens is 391 g/mol. The molecule has 0 aliphatic heterocycles. The van der Waals surface area contributed by atoms with Crippen molar-refractivity contribution in [2.24, 2.45) is 0 Å². The lowest BCUT2D eigenvalue weighted by Gasteiger charge is -2.08. The lowest BCUT2D eigenvalue weighted by atomic mass is 10.2. The summed E-state index contributed by atoms with van der Waals surface area (Å²) in [5, 5.41) is 5.65. The first-order chi connectivity index (χ1) is 10.6. The van der Waals surface area contributed by atoms with Gasteiger partial charge in [-0.15, -0.1) is 0 Å². The highest BCUT2D eigenvalue weighted by Crippen LogP contribution is 2.16. The van der Waals surface area contributed by atoms with Crippen LogP contribution < -0.4 is 10.6 Å². The van der Waals surface area contributed by atoms with Gasteiger partial charge in [-0.3, -0.25) is 9.59 Å². The van der Waals surface area contributed by atoms with Crippen LogP contribution in [0.3, 0.4) is 0 Å². The molecule has 0 aliphatic carbocycles. The second-order valence-electron chi connectivity index (χ2n) is 4.84. The topological polar surface area (TPSA) is 58.2 Å². The molecule has 2 aromatic rings. The van der Waals surface area contributed by atoms with Crippen molar-refractivity contribution in [1.82, 2.24) is 0 Å². The summed E-state index contributed by atoms with van der Waals surface area (Å²) < 4.78 is 1.01. The van der Waals surface area contributed by atoms with Gasteiger partial charge in [-0.1, -0.05) is 13.0 Å². The fourth-order valence-electron chi connectivity index (χ4n) is 1.92. The number of rotatable bonds is 5. The highest BCUT2D eigenvalue weighted by Gasteiger charge is 2.06. The lowest BCUT2D eigenvalue weighted by molar-refractivity contribution is -0.116. The molecular formula is C17H17IN2O2. The molecule has 22 heavy (non-hydrogen) atoms. The van der Waals surface area contributed by atoms with Crippen molar-refractivity contribution in [3.63, 3.8) is 0 Å². The summed E-state index contributed by atoms with van der Waals surface area (Å²) in [6.07, 6.45) is 1.32. The van der Waals surface area contributed by atoms with Gasteiger partial charge in [0.15, 0.2) is 0 Å². The predicted octanol–water partition coefficient (Wildman–Crippen LogP) is 4.28. The number of hydrogen-bond acceptors (Lipinski definition) is 2. The Morgan fingerprint density at radius 3 is 2.23 bits per heavy atom. The SMILES string of the molecule is CCCC(=O)Nc1ccc(NC(=O)c2cccc(I)c2)cc1. The van der Waals surface area contributed by atoms with Crippen LogP contribution in [0.5, 0.6) is 0 Å². The van der Waals surface area contributed by atoms with Crippen molar-refractivity contribution in [2.75, 3.05) is 10.6 Å². The lowest BCUT2D eigenvalue weighted by Crippen LogP contribution is -2.13. The van der Waals surface area contributed by atoms with Crippen LogP contribution >= 0.6 is 22.6 Å². The predicted molar refractivity (Wildman–Crippen MR) is 97.1 cm³/mol. The zero-order valence-corrected chi connectivity index (χ0v) is 14.4. The molecule has 0 aromatic heterocycles. The number of carbonyl (C=O) groups is 2. The van der Waals surface area contributed by atoms with Crippen LogP contribution in [-0.4, -0.2) is 11.8 Å². The number of carbonyl (C=O) groups excluding carboxylic acids is 2. The molecule has 2 amide bonds. The molecule has 5 heteroatoms. The maximum atomic E-state index is 12.1. The van der Waals surface area contributed by atoms with Gasteiger partial charge in [0, 0.05) is 26.9 Å². The van der Waals surface area contributed by atoms with E-state index in [-0.39, 0.29) is 11.8 Å². The third-order valence-electron chi connectivity index (χ3n) is 2.99. The average Bonchev–Trinajstić information content (AvgIpc) is 2.49. The minimum absolute atomic E-state index is 0.00172. The van der Waals surface area contributed by atoms with E-state index in [4.69, 9.17) is 0 Å². The Morgan fingerprint density at radius 1 is 1.00 bits per heavy atom. The zero-order chi connectivity index (χ0) is 15.9. The van der Waals surface area contributed by atoms with Gasteiger partial charge in [0.2, 0.25) is 5.91 Å². The van der Waals surface area contributed by atoms with Crippen LogP contribution in [0.2, 0.25) is 0 Å². The molecule has 0 atom stereocenters. The van der Waals surface area contributed by atoms with E-state index in [9.17, 15) is 9.59 Å². The molecule has 0 aliphatic rings. The molecule has 2 rings (SSSR count). The normalized spacial score (nSPS) is 10.1. The van der Waals surface area contributed by atoms with Crippen molar-refractivity contribution in [3.8, 4) is 0 Å². The number of hydrogen-bond donors (Lipinski definition) is 2. The summed E-state index contributed by atoms with van der Waals surface area (Å²) in [5.41, 5.74) is 2.04. The summed E-state index contributed by atoms with van der Waals surface area (Å²) in [7, 11) is 0. The Kier molecular flexibility index (Phi) is 5.94. The molecule has 0 unspecified atom stereocenters. The third kappa shape index (κ3) is 4.84. The number of anilines is 2. The monoisotopic (exact) mass is 408 g/mol. The van der Waals surface area contributed by atoms with Crippen molar-refractivity contribution < 1.29 is 9.59 Å². The molecule has 2 N–H and O–H groups in total. The number of amides is 2. The first kappa shape index (κ1) is 16.5. The first-order valence-corrected chi connectivity index (χ1v) is 8.13. The fourth-order valence-corrected chi connectivity index (χ4v) is 2.46. The fraction of sp³-hybridized carbons (Fsp3) is 0.176. The summed E-state index contributed by atoms with van der Waals surface area (Å²) in [6.45, 7) is 1.96. The van der Waals surface area contributed by atoms with Gasteiger partial charge in [0.25, 0.3) is 5.91 Å². The highest BCUT2D eigenvalue weighted by atomic mass is 127. The molecule has 0 heterocycles. The van der Waals surface area contributed by atoms with Gasteiger partial charge in [0.1, 0.15) is 0 Å². The Morgan fingerprint density at radius 2 is 1.64 bits per heavy atom. The maximum absolute atomic E-state index is 12.1. The molecule has 0 fully saturated rings. The second kappa shape index (κ2) is 7.93. The van der Waals surface area contributed by atoms with Crippen LogP contribution in [0.1, 0.15) is 30.1 Å². The molecule has 0 bridgehead atoms. The van der Waals surface area contributed by atoms with E-state index < -0.39 is 0 Å². The van der Waals surface area contributed by atoms with Gasteiger partial charge < -0.3 is 10.6 Å². The van der Waals surface area contributed by atoms with Crippen LogP contribution in [-0.2, 0) is 4.79 Å². The van der Waals surface area contributed by atoms with Crippen LogP contribution in [0.4, 0.5) is 11.4 Å². The Bertz CT molecular complexity index is 669. The summed E-state index contributed by atoms with van der Waals surface area (Å²) in [6, 6.07) is 14.5. The summed E-state index contributed by atoms with van der Waals surface area (Å²) in [4.78, 5) is 23.6. The zero-order valence-electron chi connectivity index (χ0n) is 12.2. The Hall–Kier alpha value is -1.89. The van der Waals surface area contributed by atoms with Crippen molar-refractivity contribution in [3.05, 3.63) is 57.7 Å². The molecule has 0 saturated heterocycles. The van der Waals surface area contributed by atoms with Gasteiger partial charge in [0.05, 0.1) is 0 Å². The Balaban J connectivity index is 1.99. The third-order valence-corrected chi connectivity index (χ3v) is 3.66. The van der Waals surface area contributed by atoms with Crippen LogP contribution in [0.25, 0.3) is 0 Å². The molecule has 114 valence electrons. The van der Waals surface area contributed by atoms with E-state index in [1.807, 2.05) is 25.1 Å². The minimum Gasteiger partial charge on any atom is -0.326 e. The molecule has 0 radical (unpaired) electrons. The average molecular weight is 408 g/mol. The summed E-state index contributed by atoms with van der Waals surface area (Å²) in [5.74, 6) is -0.153. The molecule has 0 saturated carbocycles. The second-order valence-corrected chi connectivity index (χ2v) is 6.09. The molecule has 4 nitrogen and oxygen atoms in total. The largest absolute Gasteiger partial charge is 0.326 e. The highest BCUT2D eigenvalue weighted by molar-refractivity contribution is 14.1. The minimum atomic E-state index is -0.152. The van der Waals surface area contributed by atoms with E-state index in [1.165, 1.54) is 0 Å². The van der Waals surface area contributed by atoms with Crippen molar-refractivity contribution >= 4 is 45.8 Å². The van der Waals surface area contributed by atoms with Crippen LogP contribution in [0.15, 0.2) is 48.5 Å². The summed E-state index contributed by atoms with van der Waals surface area (Å²) >= 11 is 2.17. The van der Waals surface area contributed by atoms with Gasteiger partial charge in [-0.25, -0.2) is 0 Å². The quantitative estimate of drug-likeness (QED) is 0.726. The number of halogens is 1. The Labute approximate surface area is 143 Å². The van der Waals surface area contributed by atoms with E-state index in [0.717, 1.165) is 15.7 Å². The van der Waals surface area contributed by atoms with E-state index in [0.29, 0.717) is 17.7 Å². The number of nitrogens with one attached hydrogen (secondary N) is 2. The van der Waals surface area contributed by atoms with Crippen molar-refractivity contribution in [1.29, 1.82) is 0 Å². The smallest absolute Gasteiger partial charge is 0.255 e. The van der Waals surface area contributed by atoms with E-state index in [1.54, 1.807) is 30.3 Å². The van der Waals surface area contributed by atoms with Gasteiger partial charge in [-0.05, 0) is 71.5 Å². The van der Waals surface area contributed by atoms with Gasteiger partial charge in [-0.2, -0.15) is 0 Å². The molecule has 0 spiro atoms. The van der Waals surface area contributed by atoms with Crippen molar-refractivity contribution in [2.45, 2.75) is 19.8 Å². The number of benzene rings is 2. The molecule has 2 aromatic carbocycles. The van der Waals surface area contributed by atoms with E-state index in [2.05, 4.69) is 33.2 Å². The maximum Gasteiger partial charge on any atom is 0.255 e. The van der Waals surface area contributed by atoms with Gasteiger partial charge >= 0.3 is 0 Å².